The summed E-state index contributed by atoms with van der Waals surface area (Å²) < 4.78 is 0. The Labute approximate surface area is 195 Å². The number of guanidine groups is 1. The van der Waals surface area contributed by atoms with E-state index in [1.807, 2.05) is 6.08 Å². The maximum Gasteiger partial charge on any atom is 0.230 e. The molecule has 1 aromatic heterocycles. The zero-order valence-corrected chi connectivity index (χ0v) is 19.3. The normalized spacial score (nSPS) is 22.9. The highest BCUT2D eigenvalue weighted by molar-refractivity contribution is 6.09. The molecule has 1 atom stereocenters. The molecule has 33 heavy (non-hydrogen) atoms. The minimum absolute atomic E-state index is 0.273. The van der Waals surface area contributed by atoms with E-state index in [0.717, 1.165) is 48.0 Å². The molecule has 170 valence electrons. The number of nitrogens with one attached hydrogen (secondary N) is 2. The summed E-state index contributed by atoms with van der Waals surface area (Å²) in [5.74, 6) is 3.28. The summed E-state index contributed by atoms with van der Waals surface area (Å²) >= 11 is 0. The second-order valence-corrected chi connectivity index (χ2v) is 9.18. The van der Waals surface area contributed by atoms with E-state index in [9.17, 15) is 0 Å². The average Bonchev–Trinajstić information content (AvgIpc) is 3.32. The summed E-state index contributed by atoms with van der Waals surface area (Å²) in [6.45, 7) is 8.21. The highest BCUT2D eigenvalue weighted by atomic mass is 15.3. The van der Waals surface area contributed by atoms with Crippen LogP contribution in [-0.2, 0) is 0 Å². The van der Waals surface area contributed by atoms with Crippen LogP contribution < -0.4 is 5.32 Å². The molecular formula is C27H32N6. The van der Waals surface area contributed by atoms with Crippen molar-refractivity contribution in [3.8, 4) is 0 Å². The molecule has 0 radical (unpaired) electrons. The predicted molar refractivity (Wildman–Crippen MR) is 137 cm³/mol. The summed E-state index contributed by atoms with van der Waals surface area (Å²) in [6, 6.07) is 10.4. The van der Waals surface area contributed by atoms with Crippen LogP contribution in [0.5, 0.6) is 0 Å². The van der Waals surface area contributed by atoms with E-state index in [1.165, 1.54) is 31.4 Å². The van der Waals surface area contributed by atoms with Crippen LogP contribution in [-0.4, -0.2) is 39.9 Å². The zero-order chi connectivity index (χ0) is 22.6. The van der Waals surface area contributed by atoms with Gasteiger partial charge in [0.1, 0.15) is 5.82 Å². The lowest BCUT2D eigenvalue weighted by Crippen LogP contribution is -2.23. The highest BCUT2D eigenvalue weighted by Gasteiger charge is 2.26. The zero-order valence-electron chi connectivity index (χ0n) is 19.3. The molecule has 0 amide bonds. The molecule has 2 aromatic rings. The van der Waals surface area contributed by atoms with E-state index in [-0.39, 0.29) is 5.92 Å². The van der Waals surface area contributed by atoms with Crippen molar-refractivity contribution in [2.75, 3.05) is 18.4 Å². The molecule has 2 N–H and O–H groups in total. The Bertz CT molecular complexity index is 1120. The molecule has 5 rings (SSSR count). The van der Waals surface area contributed by atoms with Crippen molar-refractivity contribution >= 4 is 29.6 Å². The lowest BCUT2D eigenvalue weighted by atomic mass is 9.99. The first kappa shape index (κ1) is 21.4. The van der Waals surface area contributed by atoms with Crippen LogP contribution in [0.15, 0.2) is 64.9 Å². The second-order valence-electron chi connectivity index (χ2n) is 9.18. The van der Waals surface area contributed by atoms with Crippen molar-refractivity contribution in [2.24, 2.45) is 15.9 Å². The Hall–Kier alpha value is -3.41. The van der Waals surface area contributed by atoms with E-state index in [4.69, 9.17) is 9.98 Å². The van der Waals surface area contributed by atoms with Gasteiger partial charge in [0.25, 0.3) is 0 Å². The molecule has 1 saturated carbocycles. The van der Waals surface area contributed by atoms with E-state index < -0.39 is 0 Å². The van der Waals surface area contributed by atoms with Gasteiger partial charge in [0.2, 0.25) is 5.96 Å². The number of hydrogen-bond donors (Lipinski definition) is 2. The highest BCUT2D eigenvalue weighted by Crippen LogP contribution is 2.39. The summed E-state index contributed by atoms with van der Waals surface area (Å²) in [5, 5.41) is 11.0. The van der Waals surface area contributed by atoms with Gasteiger partial charge in [-0.2, -0.15) is 10.1 Å². The lowest BCUT2D eigenvalue weighted by molar-refractivity contribution is 0.419. The number of hydrogen-bond acceptors (Lipinski definition) is 5. The van der Waals surface area contributed by atoms with Crippen LogP contribution >= 0.6 is 0 Å². The van der Waals surface area contributed by atoms with Crippen LogP contribution in [0.1, 0.15) is 61.8 Å². The Morgan fingerprint density at radius 2 is 1.91 bits per heavy atom. The predicted octanol–water partition coefficient (Wildman–Crippen LogP) is 5.83. The topological polar surface area (TPSA) is 68.7 Å². The number of aromatic nitrogens is 2. The summed E-state index contributed by atoms with van der Waals surface area (Å²) in [5.41, 5.74) is 4.43. The first-order valence-corrected chi connectivity index (χ1v) is 12.0. The van der Waals surface area contributed by atoms with E-state index in [0.29, 0.717) is 11.9 Å². The molecule has 0 spiro atoms. The minimum atomic E-state index is 0.273. The molecule has 0 bridgehead atoms. The number of H-pyrrole nitrogens is 1. The molecule has 6 nitrogen and oxygen atoms in total. The molecule has 2 aliphatic heterocycles. The number of aromatic amines is 1. The van der Waals surface area contributed by atoms with Crippen LogP contribution in [0, 0.1) is 5.92 Å². The SMILES string of the molecule is C=Cc1cccc(/C=C/C2=NC(Nc3cc(C4CC4)[nH]n3)=N/C(N3CCCC3)=C/CC2C)c1. The smallest absolute Gasteiger partial charge is 0.230 e. The summed E-state index contributed by atoms with van der Waals surface area (Å²) in [4.78, 5) is 12.3. The van der Waals surface area contributed by atoms with Gasteiger partial charge in [0.15, 0.2) is 5.82 Å². The first-order chi connectivity index (χ1) is 16.2. The van der Waals surface area contributed by atoms with Crippen LogP contribution in [0.2, 0.25) is 0 Å². The number of allylic oxidation sites excluding steroid dienone is 2. The fraction of sp³-hybridized carbons (Fsp3) is 0.370. The number of likely N-dealkylation sites (tertiary alicyclic amines) is 1. The number of anilines is 1. The van der Waals surface area contributed by atoms with Gasteiger partial charge in [-0.05, 0) is 61.4 Å². The lowest BCUT2D eigenvalue weighted by Gasteiger charge is -2.21. The van der Waals surface area contributed by atoms with Gasteiger partial charge in [0.05, 0.1) is 0 Å². The van der Waals surface area contributed by atoms with E-state index in [2.05, 4.69) is 82.5 Å². The minimum Gasteiger partial charge on any atom is -0.357 e. The third-order valence-electron chi connectivity index (χ3n) is 6.49. The fourth-order valence-electron chi connectivity index (χ4n) is 4.31. The van der Waals surface area contributed by atoms with Crippen molar-refractivity contribution in [1.82, 2.24) is 15.1 Å². The van der Waals surface area contributed by atoms with Gasteiger partial charge in [0, 0.05) is 42.4 Å². The summed E-state index contributed by atoms with van der Waals surface area (Å²) in [6.07, 6.45) is 14.2. The van der Waals surface area contributed by atoms with Crippen molar-refractivity contribution in [3.63, 3.8) is 0 Å². The van der Waals surface area contributed by atoms with Gasteiger partial charge in [-0.15, -0.1) is 0 Å². The van der Waals surface area contributed by atoms with Crippen LogP contribution in [0.4, 0.5) is 5.82 Å². The van der Waals surface area contributed by atoms with Gasteiger partial charge >= 0.3 is 0 Å². The van der Waals surface area contributed by atoms with E-state index >= 15 is 0 Å². The third kappa shape index (κ3) is 5.33. The van der Waals surface area contributed by atoms with Gasteiger partial charge in [-0.1, -0.05) is 43.9 Å². The quantitative estimate of drug-likeness (QED) is 0.594. The van der Waals surface area contributed by atoms with Gasteiger partial charge < -0.3 is 10.2 Å². The van der Waals surface area contributed by atoms with Crippen molar-refractivity contribution < 1.29 is 0 Å². The first-order valence-electron chi connectivity index (χ1n) is 12.0. The molecule has 1 saturated heterocycles. The Morgan fingerprint density at radius 1 is 1.09 bits per heavy atom. The van der Waals surface area contributed by atoms with Crippen molar-refractivity contribution in [1.29, 1.82) is 0 Å². The Morgan fingerprint density at radius 3 is 2.70 bits per heavy atom. The standard InChI is InChI=1S/C27H32N6/c1-3-20-7-6-8-21(17-20)10-13-23-19(2)9-14-26(33-15-4-5-16-33)30-27(28-23)29-25-18-24(31-32-25)22-11-12-22/h3,6-8,10,13-14,17-19,22H,1,4-5,9,11-12,15-16H2,2H3,(H2,29,30,31,32)/b13-10+,26-14-,28-23?. The van der Waals surface area contributed by atoms with Crippen LogP contribution in [0.25, 0.3) is 12.2 Å². The molecule has 1 unspecified atom stereocenters. The van der Waals surface area contributed by atoms with Crippen LogP contribution in [0.3, 0.4) is 0 Å². The molecule has 2 fully saturated rings. The van der Waals surface area contributed by atoms with Crippen molar-refractivity contribution in [2.45, 2.75) is 44.9 Å². The third-order valence-corrected chi connectivity index (χ3v) is 6.49. The number of nitrogens with zero attached hydrogens (tertiary/aromatic N) is 4. The average molecular weight is 441 g/mol. The largest absolute Gasteiger partial charge is 0.357 e. The molecule has 1 aromatic carbocycles. The van der Waals surface area contributed by atoms with Crippen molar-refractivity contribution in [3.05, 3.63) is 71.7 Å². The molecule has 1 aliphatic carbocycles. The molecule has 3 aliphatic rings. The number of benzene rings is 1. The number of aliphatic imine (C=N–C) groups is 2. The maximum absolute atomic E-state index is 4.99. The Kier molecular flexibility index (Phi) is 6.24. The Balaban J connectivity index is 1.44. The number of rotatable bonds is 6. The fourth-order valence-corrected chi connectivity index (χ4v) is 4.31. The monoisotopic (exact) mass is 440 g/mol. The maximum atomic E-state index is 4.99. The molecule has 6 heteroatoms. The molecular weight excluding hydrogens is 408 g/mol. The van der Waals surface area contributed by atoms with E-state index in [1.54, 1.807) is 0 Å². The summed E-state index contributed by atoms with van der Waals surface area (Å²) in [7, 11) is 0. The van der Waals surface area contributed by atoms with Gasteiger partial charge in [-0.25, -0.2) is 4.99 Å². The van der Waals surface area contributed by atoms with Gasteiger partial charge in [-0.3, -0.25) is 5.10 Å². The molecule has 3 heterocycles. The second kappa shape index (κ2) is 9.61.